The van der Waals surface area contributed by atoms with Crippen LogP contribution in [0.4, 0.5) is 5.69 Å². The maximum Gasteiger partial charge on any atom is 0.255 e. The van der Waals surface area contributed by atoms with Crippen LogP contribution in [0.3, 0.4) is 0 Å². The highest BCUT2D eigenvalue weighted by atomic mass is 16.5. The maximum atomic E-state index is 12.8. The molecule has 2 amide bonds. The van der Waals surface area contributed by atoms with Gasteiger partial charge >= 0.3 is 0 Å². The first-order chi connectivity index (χ1) is 17.5. The van der Waals surface area contributed by atoms with Crippen molar-refractivity contribution in [2.75, 3.05) is 25.6 Å². The highest BCUT2D eigenvalue weighted by Gasteiger charge is 2.18. The van der Waals surface area contributed by atoms with Gasteiger partial charge in [-0.3, -0.25) is 9.59 Å². The van der Waals surface area contributed by atoms with E-state index in [4.69, 9.17) is 4.74 Å². The normalized spacial score (nSPS) is 12.8. The lowest BCUT2D eigenvalue weighted by molar-refractivity contribution is -0.131. The minimum atomic E-state index is -0.201. The van der Waals surface area contributed by atoms with Gasteiger partial charge in [0, 0.05) is 43.8 Å². The topological polar surface area (TPSA) is 78.9 Å². The van der Waals surface area contributed by atoms with Crippen LogP contribution in [0.25, 0.3) is 0 Å². The Hall–Kier alpha value is -3.74. The number of anilines is 1. The molecular weight excluding hydrogens is 452 g/mol. The summed E-state index contributed by atoms with van der Waals surface area (Å²) < 4.78 is 5.74. The number of nitrogens with zero attached hydrogens (tertiary/aromatic N) is 1. The molecule has 36 heavy (non-hydrogen) atoms. The zero-order chi connectivity index (χ0) is 25.8. The number of amides is 2. The highest BCUT2D eigenvalue weighted by Crippen LogP contribution is 2.28. The van der Waals surface area contributed by atoms with E-state index in [9.17, 15) is 14.7 Å². The second-order valence-corrected chi connectivity index (χ2v) is 8.61. The van der Waals surface area contributed by atoms with Crippen LogP contribution in [0.15, 0.2) is 97.1 Å². The summed E-state index contributed by atoms with van der Waals surface area (Å²) in [5.41, 5.74) is 3.31. The number of ether oxygens (including phenoxy) is 1. The summed E-state index contributed by atoms with van der Waals surface area (Å²) >= 11 is 0. The Morgan fingerprint density at radius 2 is 1.61 bits per heavy atom. The molecule has 0 aliphatic carbocycles. The molecule has 0 aromatic heterocycles. The zero-order valence-electron chi connectivity index (χ0n) is 20.8. The van der Waals surface area contributed by atoms with Gasteiger partial charge in [-0.05, 0) is 35.4 Å². The molecule has 0 aliphatic heterocycles. The summed E-state index contributed by atoms with van der Waals surface area (Å²) in [6.45, 7) is 2.73. The predicted molar refractivity (Wildman–Crippen MR) is 142 cm³/mol. The number of carbonyl (C=O) groups is 2. The third-order valence-electron chi connectivity index (χ3n) is 5.94. The van der Waals surface area contributed by atoms with Crippen molar-refractivity contribution in [1.82, 2.24) is 4.90 Å². The average molecular weight is 487 g/mol. The average Bonchev–Trinajstić information content (AvgIpc) is 2.91. The molecule has 3 aromatic rings. The number of aliphatic hydroxyl groups excluding tert-OH is 1. The fourth-order valence-electron chi connectivity index (χ4n) is 4.03. The van der Waals surface area contributed by atoms with Gasteiger partial charge < -0.3 is 20.1 Å². The Morgan fingerprint density at radius 3 is 2.22 bits per heavy atom. The van der Waals surface area contributed by atoms with Crippen LogP contribution in [0.2, 0.25) is 0 Å². The van der Waals surface area contributed by atoms with Crippen LogP contribution in [-0.2, 0) is 16.1 Å². The Kier molecular flexibility index (Phi) is 10.4. The second kappa shape index (κ2) is 14.0. The van der Waals surface area contributed by atoms with Crippen molar-refractivity contribution in [2.24, 2.45) is 5.92 Å². The molecule has 0 fully saturated rings. The van der Waals surface area contributed by atoms with Gasteiger partial charge in [0.25, 0.3) is 5.91 Å². The van der Waals surface area contributed by atoms with E-state index in [1.165, 1.54) is 0 Å². The monoisotopic (exact) mass is 486 g/mol. The number of carbonyl (C=O) groups excluding carboxylic acids is 2. The molecule has 188 valence electrons. The van der Waals surface area contributed by atoms with Crippen molar-refractivity contribution in [1.29, 1.82) is 0 Å². The summed E-state index contributed by atoms with van der Waals surface area (Å²) in [6, 6.07) is 26.4. The van der Waals surface area contributed by atoms with Crippen molar-refractivity contribution < 1.29 is 19.4 Å². The standard InChI is InChI=1S/C30H34N2O4/c1-23(10-9-15-28(34)32(20-21-33)22-24-11-5-3-6-12-24)29(36-2)25-16-18-27(19-17-25)31-30(35)26-13-7-4-8-14-26/h3-14,16-19,23,29,33H,15,20-22H2,1-2H3,(H,31,35)/b10-9+/t23-,29+/m0/s1. The lowest BCUT2D eigenvalue weighted by Crippen LogP contribution is -2.32. The Labute approximate surface area is 213 Å². The lowest BCUT2D eigenvalue weighted by Gasteiger charge is -2.22. The maximum absolute atomic E-state index is 12.8. The summed E-state index contributed by atoms with van der Waals surface area (Å²) in [4.78, 5) is 26.8. The van der Waals surface area contributed by atoms with E-state index in [0.717, 1.165) is 11.1 Å². The molecule has 0 spiro atoms. The minimum Gasteiger partial charge on any atom is -0.395 e. The van der Waals surface area contributed by atoms with Gasteiger partial charge in [0.15, 0.2) is 0 Å². The van der Waals surface area contributed by atoms with Crippen molar-refractivity contribution >= 4 is 17.5 Å². The highest BCUT2D eigenvalue weighted by molar-refractivity contribution is 6.04. The van der Waals surface area contributed by atoms with Crippen molar-refractivity contribution in [2.45, 2.75) is 26.0 Å². The van der Waals surface area contributed by atoms with Crippen LogP contribution < -0.4 is 5.32 Å². The Balaban J connectivity index is 1.57. The molecule has 0 radical (unpaired) electrons. The van der Waals surface area contributed by atoms with Crippen LogP contribution in [0.5, 0.6) is 0 Å². The first kappa shape index (κ1) is 26.9. The lowest BCUT2D eigenvalue weighted by atomic mass is 9.96. The van der Waals surface area contributed by atoms with Crippen LogP contribution in [-0.4, -0.2) is 42.1 Å². The van der Waals surface area contributed by atoms with Crippen molar-refractivity contribution in [3.63, 3.8) is 0 Å². The minimum absolute atomic E-state index is 0.0213. The molecule has 0 bridgehead atoms. The van der Waals surface area contributed by atoms with E-state index in [-0.39, 0.29) is 36.9 Å². The largest absolute Gasteiger partial charge is 0.395 e. The first-order valence-electron chi connectivity index (χ1n) is 12.1. The molecule has 0 saturated carbocycles. The Bertz CT molecular complexity index is 1110. The zero-order valence-corrected chi connectivity index (χ0v) is 20.8. The van der Waals surface area contributed by atoms with E-state index in [1.54, 1.807) is 24.1 Å². The van der Waals surface area contributed by atoms with Crippen molar-refractivity contribution in [3.8, 4) is 0 Å². The molecule has 6 nitrogen and oxygen atoms in total. The van der Waals surface area contributed by atoms with E-state index >= 15 is 0 Å². The van der Waals surface area contributed by atoms with Gasteiger partial charge in [0.2, 0.25) is 5.91 Å². The van der Waals surface area contributed by atoms with E-state index < -0.39 is 0 Å². The molecule has 2 atom stereocenters. The number of rotatable bonds is 12. The van der Waals surface area contributed by atoms with E-state index in [0.29, 0.717) is 24.3 Å². The number of aliphatic hydroxyl groups is 1. The van der Waals surface area contributed by atoms with Crippen LogP contribution in [0.1, 0.15) is 40.9 Å². The molecule has 0 saturated heterocycles. The summed E-state index contributed by atoms with van der Waals surface area (Å²) in [5, 5.41) is 12.3. The Morgan fingerprint density at radius 1 is 0.972 bits per heavy atom. The fourth-order valence-corrected chi connectivity index (χ4v) is 4.03. The summed E-state index contributed by atoms with van der Waals surface area (Å²) in [6.07, 6.45) is 3.89. The number of methoxy groups -OCH3 is 1. The second-order valence-electron chi connectivity index (χ2n) is 8.61. The predicted octanol–water partition coefficient (Wildman–Crippen LogP) is 5.23. The number of hydrogen-bond donors (Lipinski definition) is 2. The quantitative estimate of drug-likeness (QED) is 0.344. The van der Waals surface area contributed by atoms with Gasteiger partial charge in [-0.2, -0.15) is 0 Å². The third kappa shape index (κ3) is 7.90. The molecule has 0 aliphatic rings. The fraction of sp³-hybridized carbons (Fsp3) is 0.267. The first-order valence-corrected chi connectivity index (χ1v) is 12.1. The van der Waals surface area contributed by atoms with E-state index in [1.807, 2.05) is 91.9 Å². The van der Waals surface area contributed by atoms with Crippen LogP contribution in [0, 0.1) is 5.92 Å². The molecule has 0 unspecified atom stereocenters. The molecule has 2 N–H and O–H groups in total. The van der Waals surface area contributed by atoms with Gasteiger partial charge in [0.1, 0.15) is 0 Å². The molecular formula is C30H34N2O4. The molecule has 3 aromatic carbocycles. The van der Waals surface area contributed by atoms with Gasteiger partial charge in [-0.25, -0.2) is 0 Å². The molecule has 0 heterocycles. The SMILES string of the molecule is CO[C@@H](c1ccc(NC(=O)c2ccccc2)cc1)[C@@H](C)/C=C/CC(=O)N(CCO)Cc1ccccc1. The van der Waals surface area contributed by atoms with Crippen molar-refractivity contribution in [3.05, 3.63) is 114 Å². The summed E-state index contributed by atoms with van der Waals surface area (Å²) in [5.74, 6) is -0.174. The van der Waals surface area contributed by atoms with Gasteiger partial charge in [-0.15, -0.1) is 0 Å². The number of hydrogen-bond acceptors (Lipinski definition) is 4. The van der Waals surface area contributed by atoms with E-state index in [2.05, 4.69) is 5.32 Å². The summed E-state index contributed by atoms with van der Waals surface area (Å²) in [7, 11) is 1.66. The number of nitrogens with one attached hydrogen (secondary N) is 1. The van der Waals surface area contributed by atoms with Gasteiger partial charge in [0.05, 0.1) is 12.7 Å². The van der Waals surface area contributed by atoms with Gasteiger partial charge in [-0.1, -0.05) is 79.7 Å². The third-order valence-corrected chi connectivity index (χ3v) is 5.94. The van der Waals surface area contributed by atoms with Crippen LogP contribution >= 0.6 is 0 Å². The number of benzene rings is 3. The molecule has 6 heteroatoms. The molecule has 3 rings (SSSR count). The smallest absolute Gasteiger partial charge is 0.255 e.